The summed E-state index contributed by atoms with van der Waals surface area (Å²) in [5.41, 5.74) is -4.82. The Labute approximate surface area is 175 Å². The number of halogens is 3. The quantitative estimate of drug-likeness (QED) is 0.155. The second-order valence-electron chi connectivity index (χ2n) is 9.27. The highest BCUT2D eigenvalue weighted by atomic mass is 32.2. The molecular weight excluding hydrogens is 421 g/mol. The molecule has 0 amide bonds. The summed E-state index contributed by atoms with van der Waals surface area (Å²) in [4.78, 5) is 0. The molecule has 0 N–H and O–H groups in total. The van der Waals surface area contributed by atoms with Crippen LogP contribution in [0.3, 0.4) is 0 Å². The molecule has 0 aliphatic heterocycles. The van der Waals surface area contributed by atoms with Gasteiger partial charge in [0, 0.05) is 12.0 Å². The minimum absolute atomic E-state index is 0.0823. The van der Waals surface area contributed by atoms with Gasteiger partial charge in [0.05, 0.1) is 0 Å². The van der Waals surface area contributed by atoms with Gasteiger partial charge >= 0.3 is 15.6 Å². The van der Waals surface area contributed by atoms with Crippen molar-refractivity contribution in [3.63, 3.8) is 0 Å². The largest absolute Gasteiger partial charge is 0.534 e. The van der Waals surface area contributed by atoms with Crippen molar-refractivity contribution in [2.45, 2.75) is 103 Å². The van der Waals surface area contributed by atoms with Crippen LogP contribution in [0.1, 0.15) is 80.6 Å². The van der Waals surface area contributed by atoms with Crippen LogP contribution in [0.5, 0.6) is 0 Å². The van der Waals surface area contributed by atoms with Crippen LogP contribution < -0.4 is 0 Å². The molecule has 0 heterocycles. The summed E-state index contributed by atoms with van der Waals surface area (Å²) in [7, 11) is -7.66. The molecule has 1 aliphatic carbocycles. The van der Waals surface area contributed by atoms with Crippen LogP contribution in [0.15, 0.2) is 11.8 Å². The second kappa shape index (κ2) is 9.72. The van der Waals surface area contributed by atoms with Gasteiger partial charge in [-0.2, -0.15) is 21.6 Å². The van der Waals surface area contributed by atoms with E-state index in [1.54, 1.807) is 6.92 Å². The highest BCUT2D eigenvalue weighted by Crippen LogP contribution is 2.45. The maximum Gasteiger partial charge on any atom is 0.534 e. The van der Waals surface area contributed by atoms with Crippen molar-refractivity contribution in [3.8, 4) is 0 Å². The van der Waals surface area contributed by atoms with Gasteiger partial charge in [0.25, 0.3) is 0 Å². The second-order valence-corrected chi connectivity index (χ2v) is 16.3. The Bertz CT molecular complexity index is 650. The monoisotopic (exact) mass is 458 g/mol. The Morgan fingerprint density at radius 3 is 2.07 bits per heavy atom. The Balaban J connectivity index is 2.86. The van der Waals surface area contributed by atoms with Crippen molar-refractivity contribution in [3.05, 3.63) is 11.8 Å². The van der Waals surface area contributed by atoms with Crippen molar-refractivity contribution in [2.75, 3.05) is 6.61 Å². The molecule has 0 saturated carbocycles. The van der Waals surface area contributed by atoms with Crippen LogP contribution in [-0.2, 0) is 18.7 Å². The smallest absolute Gasteiger partial charge is 0.416 e. The third kappa shape index (κ3) is 6.00. The van der Waals surface area contributed by atoms with Gasteiger partial charge in [0.1, 0.15) is 5.76 Å². The predicted octanol–water partition coefficient (Wildman–Crippen LogP) is 6.90. The zero-order valence-corrected chi connectivity index (χ0v) is 20.5. The average Bonchev–Trinajstić information content (AvgIpc) is 2.55. The van der Waals surface area contributed by atoms with Crippen molar-refractivity contribution in [1.82, 2.24) is 0 Å². The molecule has 0 radical (unpaired) electrons. The van der Waals surface area contributed by atoms with E-state index in [-0.39, 0.29) is 5.76 Å². The van der Waals surface area contributed by atoms with Gasteiger partial charge in [-0.05, 0) is 54.8 Å². The first-order valence-electron chi connectivity index (χ1n) is 10.5. The summed E-state index contributed by atoms with van der Waals surface area (Å²) in [6, 6.07) is 0. The fourth-order valence-corrected chi connectivity index (χ4v) is 11.0. The number of hydrogen-bond acceptors (Lipinski definition) is 4. The van der Waals surface area contributed by atoms with Crippen molar-refractivity contribution < 1.29 is 30.2 Å². The van der Waals surface area contributed by atoms with Gasteiger partial charge in [-0.15, -0.1) is 0 Å². The molecular formula is C20H37F3O4SSi. The third-order valence-corrected chi connectivity index (χ3v) is 13.4. The summed E-state index contributed by atoms with van der Waals surface area (Å²) in [6.07, 6.45) is 4.54. The Hall–Kier alpha value is -0.543. The topological polar surface area (TPSA) is 52.6 Å². The van der Waals surface area contributed by atoms with E-state index in [9.17, 15) is 21.6 Å². The van der Waals surface area contributed by atoms with Gasteiger partial charge in [-0.3, -0.25) is 0 Å². The summed E-state index contributed by atoms with van der Waals surface area (Å²) in [5, 5.41) is 0. The molecule has 0 unspecified atom stereocenters. The lowest BCUT2D eigenvalue weighted by Gasteiger charge is -2.42. The molecule has 0 aromatic heterocycles. The molecule has 0 aromatic carbocycles. The highest BCUT2D eigenvalue weighted by molar-refractivity contribution is 7.87. The molecule has 172 valence electrons. The molecule has 1 aliphatic rings. The van der Waals surface area contributed by atoms with Crippen LogP contribution >= 0.6 is 0 Å². The number of hydrogen-bond donors (Lipinski definition) is 0. The zero-order chi connectivity index (χ0) is 22.7. The standard InChI is InChI=1S/C20H37F3O4SSi/c1-15(2)29(16(3)4,17(5)6)26-14-10-13-19(7)12-9-8-11-18(19)27-28(24,25)20(21,22)23/h11,15-17H,8-10,12-14H2,1-7H3/t19-/m0/s1. The van der Waals surface area contributed by atoms with Crippen molar-refractivity contribution >= 4 is 18.4 Å². The van der Waals surface area contributed by atoms with Crippen molar-refractivity contribution in [2.24, 2.45) is 5.41 Å². The lowest BCUT2D eigenvalue weighted by molar-refractivity contribution is -0.0536. The maximum absolute atomic E-state index is 12.7. The minimum atomic E-state index is -5.65. The molecule has 0 spiro atoms. The maximum atomic E-state index is 12.7. The van der Waals surface area contributed by atoms with Gasteiger partial charge in [0.15, 0.2) is 8.32 Å². The van der Waals surface area contributed by atoms with E-state index in [1.807, 2.05) is 0 Å². The van der Waals surface area contributed by atoms with E-state index in [4.69, 9.17) is 4.43 Å². The van der Waals surface area contributed by atoms with Crippen LogP contribution in [0.25, 0.3) is 0 Å². The molecule has 0 aromatic rings. The normalized spacial score (nSPS) is 21.8. The third-order valence-electron chi connectivity index (χ3n) is 6.27. The lowest BCUT2D eigenvalue weighted by atomic mass is 9.76. The number of alkyl halides is 3. The van der Waals surface area contributed by atoms with Crippen LogP contribution in [0.2, 0.25) is 16.6 Å². The summed E-state index contributed by atoms with van der Waals surface area (Å²) < 4.78 is 72.3. The molecule has 0 saturated heterocycles. The Kier molecular flexibility index (Phi) is 8.88. The SMILES string of the molecule is CC(C)[Si](OCCC[C@]1(C)CCCC=C1OS(=O)(=O)C(F)(F)F)(C(C)C)C(C)C. The van der Waals surface area contributed by atoms with E-state index < -0.39 is 29.4 Å². The van der Waals surface area contributed by atoms with E-state index in [0.717, 1.165) is 6.42 Å². The van der Waals surface area contributed by atoms with Crippen LogP contribution in [-0.4, -0.2) is 28.9 Å². The average molecular weight is 459 g/mol. The Morgan fingerprint density at radius 1 is 1.10 bits per heavy atom. The zero-order valence-electron chi connectivity index (χ0n) is 18.7. The molecule has 29 heavy (non-hydrogen) atoms. The minimum Gasteiger partial charge on any atom is -0.416 e. The predicted molar refractivity (Wildman–Crippen MR) is 112 cm³/mol. The van der Waals surface area contributed by atoms with E-state index in [1.165, 1.54) is 6.08 Å². The summed E-state index contributed by atoms with van der Waals surface area (Å²) in [6.45, 7) is 15.5. The van der Waals surface area contributed by atoms with E-state index in [2.05, 4.69) is 45.7 Å². The highest BCUT2D eigenvalue weighted by Gasteiger charge is 2.50. The number of allylic oxidation sites excluding steroid dienone is 2. The first kappa shape index (κ1) is 26.5. The van der Waals surface area contributed by atoms with Crippen LogP contribution in [0.4, 0.5) is 13.2 Å². The van der Waals surface area contributed by atoms with Gasteiger partial charge < -0.3 is 8.61 Å². The first-order chi connectivity index (χ1) is 13.1. The molecule has 0 fully saturated rings. The summed E-state index contributed by atoms with van der Waals surface area (Å²) in [5.74, 6) is -0.0823. The molecule has 1 atom stereocenters. The van der Waals surface area contributed by atoms with E-state index >= 15 is 0 Å². The summed E-state index contributed by atoms with van der Waals surface area (Å²) >= 11 is 0. The Morgan fingerprint density at radius 2 is 1.62 bits per heavy atom. The fraction of sp³-hybridized carbons (Fsp3) is 0.900. The van der Waals surface area contributed by atoms with Gasteiger partial charge in [-0.1, -0.05) is 48.5 Å². The molecule has 4 nitrogen and oxygen atoms in total. The van der Waals surface area contributed by atoms with Gasteiger partial charge in [-0.25, -0.2) is 0 Å². The number of rotatable bonds is 10. The van der Waals surface area contributed by atoms with Gasteiger partial charge in [0.2, 0.25) is 0 Å². The van der Waals surface area contributed by atoms with Crippen LogP contribution in [0, 0.1) is 5.41 Å². The fourth-order valence-electron chi connectivity index (χ4n) is 4.85. The van der Waals surface area contributed by atoms with Crippen molar-refractivity contribution in [1.29, 1.82) is 0 Å². The first-order valence-corrected chi connectivity index (χ1v) is 14.0. The van der Waals surface area contributed by atoms with E-state index in [0.29, 0.717) is 48.9 Å². The molecule has 0 bridgehead atoms. The molecule has 1 rings (SSSR count). The molecule has 9 heteroatoms. The lowest BCUT2D eigenvalue weighted by Crippen LogP contribution is -2.48.